The Kier molecular flexibility index (Phi) is 8.07. The number of carbonyl (C=O) groups is 1. The molecular weight excluding hydrogens is 348 g/mol. The Morgan fingerprint density at radius 3 is 2.36 bits per heavy atom. The lowest BCUT2D eigenvalue weighted by Crippen LogP contribution is -2.09. The average Bonchev–Trinajstić information content (AvgIpc) is 2.74. The first-order chi connectivity index (χ1) is 13.8. The molecule has 3 heteroatoms. The van der Waals surface area contributed by atoms with Gasteiger partial charge < -0.3 is 9.47 Å². The van der Waals surface area contributed by atoms with Crippen LogP contribution in [0.2, 0.25) is 0 Å². The summed E-state index contributed by atoms with van der Waals surface area (Å²) in [7, 11) is 0. The minimum absolute atomic E-state index is 0.208. The molecule has 146 valence electrons. The van der Waals surface area contributed by atoms with Crippen LogP contribution in [-0.2, 0) is 27.3 Å². The van der Waals surface area contributed by atoms with Crippen LogP contribution in [0.5, 0.6) is 0 Å². The highest BCUT2D eigenvalue weighted by Crippen LogP contribution is 2.17. The van der Waals surface area contributed by atoms with Crippen LogP contribution in [0.15, 0.2) is 72.8 Å². The number of aryl methyl sites for hydroxylation is 1. The van der Waals surface area contributed by atoms with Gasteiger partial charge in [-0.3, -0.25) is 4.79 Å². The lowest BCUT2D eigenvalue weighted by molar-refractivity contribution is -0.146. The van der Waals surface area contributed by atoms with Gasteiger partial charge in [0.25, 0.3) is 0 Å². The van der Waals surface area contributed by atoms with Gasteiger partial charge in [0.05, 0.1) is 13.0 Å². The number of esters is 1. The van der Waals surface area contributed by atoms with Crippen LogP contribution >= 0.6 is 0 Å². The van der Waals surface area contributed by atoms with Crippen LogP contribution < -0.4 is 0 Å². The highest BCUT2D eigenvalue weighted by molar-refractivity contribution is 5.82. The first-order valence-corrected chi connectivity index (χ1v) is 10.1. The summed E-state index contributed by atoms with van der Waals surface area (Å²) in [6.45, 7) is 1.45. The minimum Gasteiger partial charge on any atom is -0.461 e. The molecule has 3 nitrogen and oxygen atoms in total. The van der Waals surface area contributed by atoms with E-state index < -0.39 is 0 Å². The third-order valence-corrected chi connectivity index (χ3v) is 4.76. The third kappa shape index (κ3) is 6.82. The van der Waals surface area contributed by atoms with Gasteiger partial charge >= 0.3 is 5.97 Å². The van der Waals surface area contributed by atoms with Gasteiger partial charge in [0.15, 0.2) is 0 Å². The molecule has 0 bridgehead atoms. The van der Waals surface area contributed by atoms with Gasteiger partial charge in [-0.05, 0) is 41.2 Å². The SMILES string of the molecule is O=C(CCOCCCCCc1ccc2ccccc2c1)OCc1ccccc1. The molecule has 0 atom stereocenters. The highest BCUT2D eigenvalue weighted by Gasteiger charge is 2.03. The van der Waals surface area contributed by atoms with Gasteiger partial charge in [-0.15, -0.1) is 0 Å². The Morgan fingerprint density at radius 1 is 0.714 bits per heavy atom. The van der Waals surface area contributed by atoms with Crippen LogP contribution in [0.25, 0.3) is 10.8 Å². The Morgan fingerprint density at radius 2 is 1.50 bits per heavy atom. The molecule has 0 unspecified atom stereocenters. The number of fused-ring (bicyclic) bond motifs is 1. The molecule has 0 amide bonds. The summed E-state index contributed by atoms with van der Waals surface area (Å²) in [6, 6.07) is 24.9. The zero-order valence-corrected chi connectivity index (χ0v) is 16.3. The van der Waals surface area contributed by atoms with Crippen LogP contribution in [-0.4, -0.2) is 19.2 Å². The number of ether oxygens (including phenoxy) is 2. The molecule has 28 heavy (non-hydrogen) atoms. The second-order valence-corrected chi connectivity index (χ2v) is 7.00. The smallest absolute Gasteiger partial charge is 0.308 e. The summed E-state index contributed by atoms with van der Waals surface area (Å²) in [5.74, 6) is -0.208. The van der Waals surface area contributed by atoms with E-state index in [1.54, 1.807) is 0 Å². The maximum atomic E-state index is 11.7. The predicted molar refractivity (Wildman–Crippen MR) is 113 cm³/mol. The summed E-state index contributed by atoms with van der Waals surface area (Å²) in [6.07, 6.45) is 4.71. The van der Waals surface area contributed by atoms with E-state index in [4.69, 9.17) is 9.47 Å². The highest BCUT2D eigenvalue weighted by atomic mass is 16.5. The molecule has 3 aromatic rings. The topological polar surface area (TPSA) is 35.5 Å². The fourth-order valence-corrected chi connectivity index (χ4v) is 3.17. The van der Waals surface area contributed by atoms with Crippen LogP contribution in [0, 0.1) is 0 Å². The second kappa shape index (κ2) is 11.3. The van der Waals surface area contributed by atoms with Gasteiger partial charge in [-0.2, -0.15) is 0 Å². The van der Waals surface area contributed by atoms with Crippen molar-refractivity contribution in [2.75, 3.05) is 13.2 Å². The summed E-state index contributed by atoms with van der Waals surface area (Å²) < 4.78 is 10.8. The van der Waals surface area contributed by atoms with E-state index in [0.29, 0.717) is 26.2 Å². The van der Waals surface area contributed by atoms with Crippen molar-refractivity contribution in [2.24, 2.45) is 0 Å². The van der Waals surface area contributed by atoms with E-state index >= 15 is 0 Å². The van der Waals surface area contributed by atoms with E-state index in [9.17, 15) is 4.79 Å². The van der Waals surface area contributed by atoms with Crippen molar-refractivity contribution < 1.29 is 14.3 Å². The van der Waals surface area contributed by atoms with E-state index in [1.165, 1.54) is 16.3 Å². The normalized spacial score (nSPS) is 10.9. The lowest BCUT2D eigenvalue weighted by Gasteiger charge is -2.07. The van der Waals surface area contributed by atoms with Gasteiger partial charge in [0.2, 0.25) is 0 Å². The van der Waals surface area contributed by atoms with Crippen LogP contribution in [0.1, 0.15) is 36.8 Å². The lowest BCUT2D eigenvalue weighted by atomic mass is 10.0. The summed E-state index contributed by atoms with van der Waals surface area (Å²) in [5, 5.41) is 2.60. The van der Waals surface area contributed by atoms with Crippen molar-refractivity contribution in [3.8, 4) is 0 Å². The maximum Gasteiger partial charge on any atom is 0.308 e. The molecule has 0 N–H and O–H groups in total. The van der Waals surface area contributed by atoms with Gasteiger partial charge in [-0.25, -0.2) is 0 Å². The first-order valence-electron chi connectivity index (χ1n) is 10.1. The molecule has 0 aromatic heterocycles. The average molecular weight is 376 g/mol. The summed E-state index contributed by atoms with van der Waals surface area (Å²) in [5.41, 5.74) is 2.39. The van der Waals surface area contributed by atoms with Crippen molar-refractivity contribution in [3.63, 3.8) is 0 Å². The molecule has 0 fully saturated rings. The van der Waals surface area contributed by atoms with Gasteiger partial charge in [-0.1, -0.05) is 79.2 Å². The monoisotopic (exact) mass is 376 g/mol. The van der Waals surface area contributed by atoms with E-state index in [0.717, 1.165) is 31.2 Å². The molecule has 0 aliphatic rings. The Bertz CT molecular complexity index is 858. The fraction of sp³-hybridized carbons (Fsp3) is 0.320. The van der Waals surface area contributed by atoms with Crippen molar-refractivity contribution in [2.45, 2.75) is 38.7 Å². The molecule has 3 aromatic carbocycles. The van der Waals surface area contributed by atoms with Crippen molar-refractivity contribution >= 4 is 16.7 Å². The van der Waals surface area contributed by atoms with E-state index in [2.05, 4.69) is 42.5 Å². The quantitative estimate of drug-likeness (QED) is 0.318. The largest absolute Gasteiger partial charge is 0.461 e. The number of hydrogen-bond donors (Lipinski definition) is 0. The fourth-order valence-electron chi connectivity index (χ4n) is 3.17. The Labute approximate surface area is 167 Å². The molecule has 0 aliphatic heterocycles. The standard InChI is InChI=1S/C25H28O3/c26-25(28-20-22-10-3-1-4-11-22)16-18-27-17-8-2-5-9-21-14-15-23-12-6-7-13-24(23)19-21/h1,3-4,6-7,10-15,19H,2,5,8-9,16-18,20H2. The van der Waals surface area contributed by atoms with Crippen molar-refractivity contribution in [3.05, 3.63) is 83.9 Å². The van der Waals surface area contributed by atoms with Crippen LogP contribution in [0.4, 0.5) is 0 Å². The summed E-state index contributed by atoms with van der Waals surface area (Å²) in [4.78, 5) is 11.7. The number of rotatable bonds is 11. The molecule has 0 radical (unpaired) electrons. The van der Waals surface area contributed by atoms with Crippen molar-refractivity contribution in [1.29, 1.82) is 0 Å². The predicted octanol–water partition coefficient (Wildman–Crippen LogP) is 5.70. The maximum absolute atomic E-state index is 11.7. The van der Waals surface area contributed by atoms with Gasteiger partial charge in [0, 0.05) is 6.61 Å². The third-order valence-electron chi connectivity index (χ3n) is 4.76. The van der Waals surface area contributed by atoms with Crippen LogP contribution in [0.3, 0.4) is 0 Å². The number of hydrogen-bond acceptors (Lipinski definition) is 3. The molecule has 0 spiro atoms. The Hall–Kier alpha value is -2.65. The zero-order valence-electron chi connectivity index (χ0n) is 16.3. The minimum atomic E-state index is -0.208. The Balaban J connectivity index is 1.21. The zero-order chi connectivity index (χ0) is 19.4. The first kappa shape index (κ1) is 20.1. The number of benzene rings is 3. The summed E-state index contributed by atoms with van der Waals surface area (Å²) >= 11 is 0. The van der Waals surface area contributed by atoms with Gasteiger partial charge in [0.1, 0.15) is 6.61 Å². The second-order valence-electron chi connectivity index (χ2n) is 7.00. The molecule has 0 heterocycles. The van der Waals surface area contributed by atoms with Crippen molar-refractivity contribution in [1.82, 2.24) is 0 Å². The molecule has 0 aliphatic carbocycles. The molecular formula is C25H28O3. The number of unbranched alkanes of at least 4 members (excludes halogenated alkanes) is 2. The van der Waals surface area contributed by atoms with E-state index in [1.807, 2.05) is 30.3 Å². The molecule has 0 saturated carbocycles. The molecule has 0 saturated heterocycles. The number of carbonyl (C=O) groups excluding carboxylic acids is 1. The molecule has 3 rings (SSSR count). The van der Waals surface area contributed by atoms with E-state index in [-0.39, 0.29) is 5.97 Å².